The zero-order valence-corrected chi connectivity index (χ0v) is 11.4. The van der Waals surface area contributed by atoms with E-state index in [0.29, 0.717) is 6.54 Å². The second-order valence-corrected chi connectivity index (χ2v) is 4.36. The quantitative estimate of drug-likeness (QED) is 0.890. The lowest BCUT2D eigenvalue weighted by atomic mass is 10.2. The van der Waals surface area contributed by atoms with E-state index in [9.17, 15) is 0 Å². The Morgan fingerprint density at radius 2 is 2.05 bits per heavy atom. The molecular weight excluding hydrogens is 240 g/mol. The number of rotatable bonds is 5. The van der Waals surface area contributed by atoms with E-state index in [4.69, 9.17) is 4.74 Å². The molecule has 0 amide bonds. The van der Waals surface area contributed by atoms with Crippen LogP contribution in [0.3, 0.4) is 0 Å². The molecule has 0 saturated heterocycles. The van der Waals surface area contributed by atoms with Gasteiger partial charge in [-0.15, -0.1) is 0 Å². The number of hydrogen-bond acceptors (Lipinski definition) is 5. The Morgan fingerprint density at radius 3 is 2.79 bits per heavy atom. The van der Waals surface area contributed by atoms with Gasteiger partial charge in [0.2, 0.25) is 0 Å². The first kappa shape index (κ1) is 13.1. The number of ether oxygens (including phenoxy) is 1. The predicted molar refractivity (Wildman–Crippen MR) is 76.7 cm³/mol. The van der Waals surface area contributed by atoms with Crippen LogP contribution < -0.4 is 15.0 Å². The molecule has 0 spiro atoms. The van der Waals surface area contributed by atoms with Crippen LogP contribution in [-0.4, -0.2) is 31.2 Å². The minimum atomic E-state index is 0.696. The largest absolute Gasteiger partial charge is 0.497 e. The van der Waals surface area contributed by atoms with Gasteiger partial charge in [-0.25, -0.2) is 9.97 Å². The van der Waals surface area contributed by atoms with Gasteiger partial charge in [-0.3, -0.25) is 0 Å². The zero-order valence-electron chi connectivity index (χ0n) is 11.4. The number of anilines is 2. The molecule has 5 heteroatoms. The van der Waals surface area contributed by atoms with E-state index in [1.807, 2.05) is 49.3 Å². The highest BCUT2D eigenvalue weighted by atomic mass is 16.5. The van der Waals surface area contributed by atoms with Crippen LogP contribution in [0.4, 0.5) is 11.6 Å². The first-order valence-electron chi connectivity index (χ1n) is 6.05. The molecule has 0 saturated carbocycles. The van der Waals surface area contributed by atoms with Crippen molar-refractivity contribution in [2.24, 2.45) is 0 Å². The molecule has 0 atom stereocenters. The summed E-state index contributed by atoms with van der Waals surface area (Å²) in [6.45, 7) is 0.696. The lowest BCUT2D eigenvalue weighted by Gasteiger charge is -2.12. The molecule has 0 radical (unpaired) electrons. The molecule has 0 aliphatic carbocycles. The van der Waals surface area contributed by atoms with E-state index < -0.39 is 0 Å². The van der Waals surface area contributed by atoms with Crippen LogP contribution in [0.2, 0.25) is 0 Å². The summed E-state index contributed by atoms with van der Waals surface area (Å²) in [4.78, 5) is 10.3. The molecule has 0 aliphatic rings. The van der Waals surface area contributed by atoms with Crippen molar-refractivity contribution in [3.8, 4) is 5.75 Å². The highest BCUT2D eigenvalue weighted by Gasteiger charge is 2.01. The number of aromatic nitrogens is 2. The van der Waals surface area contributed by atoms with Gasteiger partial charge in [0.05, 0.1) is 7.11 Å². The van der Waals surface area contributed by atoms with E-state index in [1.54, 1.807) is 13.4 Å². The third kappa shape index (κ3) is 3.58. The van der Waals surface area contributed by atoms with Crippen LogP contribution in [0.25, 0.3) is 0 Å². The number of nitrogens with zero attached hydrogens (tertiary/aromatic N) is 3. The van der Waals surface area contributed by atoms with Crippen molar-refractivity contribution in [1.29, 1.82) is 0 Å². The summed E-state index contributed by atoms with van der Waals surface area (Å²) in [5.41, 5.74) is 1.14. The molecule has 1 N–H and O–H groups in total. The molecule has 0 aliphatic heterocycles. The monoisotopic (exact) mass is 258 g/mol. The van der Waals surface area contributed by atoms with Gasteiger partial charge in [0.25, 0.3) is 0 Å². The number of hydrogen-bond donors (Lipinski definition) is 1. The average molecular weight is 258 g/mol. The standard InChI is InChI=1S/C14H18N4O/c1-18(2)14-8-13(16-10-17-14)15-9-11-5-4-6-12(7-11)19-3/h4-8,10H,9H2,1-3H3,(H,15,16,17). The fraction of sp³-hybridized carbons (Fsp3) is 0.286. The van der Waals surface area contributed by atoms with Gasteiger partial charge in [-0.2, -0.15) is 0 Å². The van der Waals surface area contributed by atoms with Gasteiger partial charge in [0.1, 0.15) is 23.7 Å². The molecule has 0 unspecified atom stereocenters. The van der Waals surface area contributed by atoms with Crippen molar-refractivity contribution in [3.63, 3.8) is 0 Å². The van der Waals surface area contributed by atoms with Crippen molar-refractivity contribution in [1.82, 2.24) is 9.97 Å². The number of methoxy groups -OCH3 is 1. The maximum absolute atomic E-state index is 5.20. The highest BCUT2D eigenvalue weighted by molar-refractivity contribution is 5.47. The van der Waals surface area contributed by atoms with Gasteiger partial charge in [0.15, 0.2) is 0 Å². The molecule has 0 bridgehead atoms. The van der Waals surface area contributed by atoms with E-state index >= 15 is 0 Å². The van der Waals surface area contributed by atoms with Crippen LogP contribution in [0.15, 0.2) is 36.7 Å². The molecule has 0 fully saturated rings. The summed E-state index contributed by atoms with van der Waals surface area (Å²) in [6.07, 6.45) is 1.56. The second kappa shape index (κ2) is 6.04. The van der Waals surface area contributed by atoms with E-state index in [0.717, 1.165) is 22.9 Å². The lowest BCUT2D eigenvalue weighted by molar-refractivity contribution is 0.414. The Morgan fingerprint density at radius 1 is 1.21 bits per heavy atom. The maximum Gasteiger partial charge on any atom is 0.133 e. The van der Waals surface area contributed by atoms with Crippen molar-refractivity contribution in [2.45, 2.75) is 6.54 Å². The molecular formula is C14H18N4O. The third-order valence-corrected chi connectivity index (χ3v) is 2.72. The Balaban J connectivity index is 2.03. The van der Waals surface area contributed by atoms with E-state index in [1.165, 1.54) is 0 Å². The Kier molecular flexibility index (Phi) is 4.18. The second-order valence-electron chi connectivity index (χ2n) is 4.36. The molecule has 1 heterocycles. The number of benzene rings is 1. The lowest BCUT2D eigenvalue weighted by Crippen LogP contribution is -2.11. The van der Waals surface area contributed by atoms with Gasteiger partial charge < -0.3 is 15.0 Å². The molecule has 5 nitrogen and oxygen atoms in total. The maximum atomic E-state index is 5.20. The van der Waals surface area contributed by atoms with Crippen molar-refractivity contribution >= 4 is 11.6 Å². The Labute approximate surface area is 113 Å². The van der Waals surface area contributed by atoms with Crippen LogP contribution in [0.1, 0.15) is 5.56 Å². The van der Waals surface area contributed by atoms with Crippen LogP contribution in [-0.2, 0) is 6.54 Å². The predicted octanol–water partition coefficient (Wildman–Crippen LogP) is 2.16. The van der Waals surface area contributed by atoms with E-state index in [2.05, 4.69) is 15.3 Å². The molecule has 1 aromatic heterocycles. The van der Waals surface area contributed by atoms with Gasteiger partial charge in [0, 0.05) is 26.7 Å². The summed E-state index contributed by atoms with van der Waals surface area (Å²) < 4.78 is 5.20. The van der Waals surface area contributed by atoms with Gasteiger partial charge in [-0.05, 0) is 17.7 Å². The first-order valence-corrected chi connectivity index (χ1v) is 6.05. The minimum absolute atomic E-state index is 0.696. The molecule has 2 rings (SSSR count). The Bertz CT molecular complexity index is 542. The summed E-state index contributed by atoms with van der Waals surface area (Å²) in [7, 11) is 5.57. The number of nitrogens with one attached hydrogen (secondary N) is 1. The SMILES string of the molecule is COc1cccc(CNc2cc(N(C)C)ncn2)c1. The normalized spacial score (nSPS) is 10.1. The topological polar surface area (TPSA) is 50.3 Å². The van der Waals surface area contributed by atoms with Crippen LogP contribution in [0, 0.1) is 0 Å². The molecule has 2 aromatic rings. The first-order chi connectivity index (χ1) is 9.19. The molecule has 1 aromatic carbocycles. The zero-order chi connectivity index (χ0) is 13.7. The Hall–Kier alpha value is -2.30. The molecule has 100 valence electrons. The van der Waals surface area contributed by atoms with E-state index in [-0.39, 0.29) is 0 Å². The summed E-state index contributed by atoms with van der Waals surface area (Å²) in [5, 5.41) is 3.27. The van der Waals surface area contributed by atoms with Gasteiger partial charge >= 0.3 is 0 Å². The average Bonchev–Trinajstić information content (AvgIpc) is 2.45. The van der Waals surface area contributed by atoms with Crippen molar-refractivity contribution < 1.29 is 4.74 Å². The minimum Gasteiger partial charge on any atom is -0.497 e. The summed E-state index contributed by atoms with van der Waals surface area (Å²) in [6, 6.07) is 9.87. The molecule has 19 heavy (non-hydrogen) atoms. The fourth-order valence-corrected chi connectivity index (χ4v) is 1.66. The van der Waals surface area contributed by atoms with Gasteiger partial charge in [-0.1, -0.05) is 12.1 Å². The summed E-state index contributed by atoms with van der Waals surface area (Å²) in [5.74, 6) is 2.54. The smallest absolute Gasteiger partial charge is 0.133 e. The van der Waals surface area contributed by atoms with Crippen LogP contribution in [0.5, 0.6) is 5.75 Å². The van der Waals surface area contributed by atoms with Crippen LogP contribution >= 0.6 is 0 Å². The van der Waals surface area contributed by atoms with Crippen molar-refractivity contribution in [2.75, 3.05) is 31.4 Å². The van der Waals surface area contributed by atoms with Crippen molar-refractivity contribution in [3.05, 3.63) is 42.2 Å². The summed E-state index contributed by atoms with van der Waals surface area (Å²) >= 11 is 0. The third-order valence-electron chi connectivity index (χ3n) is 2.72. The highest BCUT2D eigenvalue weighted by Crippen LogP contribution is 2.15. The fourth-order valence-electron chi connectivity index (χ4n) is 1.66.